The number of amides is 1. The first kappa shape index (κ1) is 29.3. The molecule has 2 aromatic carbocycles. The first-order chi connectivity index (χ1) is 16.1. The molecule has 2 unspecified atom stereocenters. The number of alkyl halides is 6. The molecule has 192 valence electrons. The molecule has 2 atom stereocenters. The zero-order chi connectivity index (χ0) is 26.6. The summed E-state index contributed by atoms with van der Waals surface area (Å²) in [6, 6.07) is 4.42. The predicted octanol–water partition coefficient (Wildman–Crippen LogP) is 8.54. The number of carbonyl (C=O) groups excluding carboxylic acids is 1. The van der Waals surface area contributed by atoms with Crippen molar-refractivity contribution in [2.75, 3.05) is 11.5 Å². The van der Waals surface area contributed by atoms with E-state index in [-0.39, 0.29) is 16.1 Å². The molecule has 2 aromatic rings. The highest BCUT2D eigenvalue weighted by Crippen LogP contribution is 2.41. The molecule has 0 radical (unpaired) electrons. The summed E-state index contributed by atoms with van der Waals surface area (Å²) in [6.45, 7) is 3.50. The molecule has 0 fully saturated rings. The monoisotopic (exact) mass is 561 g/mol. The quantitative estimate of drug-likeness (QED) is 0.327. The van der Waals surface area contributed by atoms with Gasteiger partial charge < -0.3 is 5.32 Å². The maximum absolute atomic E-state index is 14.9. The van der Waals surface area contributed by atoms with Gasteiger partial charge in [-0.1, -0.05) is 42.3 Å². The van der Waals surface area contributed by atoms with Crippen LogP contribution in [0.4, 0.5) is 30.7 Å². The van der Waals surface area contributed by atoms with Gasteiger partial charge in [0.15, 0.2) is 0 Å². The first-order valence-corrected chi connectivity index (χ1v) is 12.0. The number of rotatable bonds is 8. The Morgan fingerprint density at radius 3 is 2.26 bits per heavy atom. The molecule has 0 saturated carbocycles. The van der Waals surface area contributed by atoms with Crippen molar-refractivity contribution < 1.29 is 35.5 Å². The normalized spacial score (nSPS) is 14.5. The van der Waals surface area contributed by atoms with E-state index in [1.165, 1.54) is 11.8 Å². The van der Waals surface area contributed by atoms with Crippen LogP contribution in [-0.4, -0.2) is 29.6 Å². The minimum absolute atomic E-state index is 0.0212. The maximum Gasteiger partial charge on any atom is 0.417 e. The number of thioether (sulfide) groups is 1. The van der Waals surface area contributed by atoms with Crippen LogP contribution in [0.5, 0.6) is 0 Å². The second-order valence-corrected chi connectivity index (χ2v) is 9.63. The largest absolute Gasteiger partial charge is 0.417 e. The minimum atomic E-state index is -5.06. The molecule has 0 saturated heterocycles. The van der Waals surface area contributed by atoms with Gasteiger partial charge in [-0.2, -0.15) is 38.1 Å². The fraction of sp³-hybridized carbons (Fsp3) is 0.348. The van der Waals surface area contributed by atoms with E-state index in [0.717, 1.165) is 36.1 Å². The Morgan fingerprint density at radius 2 is 1.71 bits per heavy atom. The van der Waals surface area contributed by atoms with Gasteiger partial charge in [0.2, 0.25) is 0 Å². The van der Waals surface area contributed by atoms with Gasteiger partial charge in [0.1, 0.15) is 11.7 Å². The third-order valence-corrected chi connectivity index (χ3v) is 6.65. The van der Waals surface area contributed by atoms with Crippen molar-refractivity contribution in [1.29, 1.82) is 0 Å². The molecule has 0 bridgehead atoms. The van der Waals surface area contributed by atoms with Crippen molar-refractivity contribution in [1.82, 2.24) is 5.32 Å². The summed E-state index contributed by atoms with van der Waals surface area (Å²) in [7, 11) is 0. The van der Waals surface area contributed by atoms with E-state index in [0.29, 0.717) is 11.8 Å². The number of allylic oxidation sites excluding steroid dienone is 1. The molecule has 2 nitrogen and oxygen atoms in total. The Labute approximate surface area is 211 Å². The number of halogens is 9. The molecule has 0 aliphatic heterocycles. The Morgan fingerprint density at radius 1 is 1.06 bits per heavy atom. The van der Waals surface area contributed by atoms with Gasteiger partial charge in [0.25, 0.3) is 5.91 Å². The summed E-state index contributed by atoms with van der Waals surface area (Å²) >= 11 is 13.0. The van der Waals surface area contributed by atoms with Crippen LogP contribution in [0.2, 0.25) is 10.0 Å². The lowest BCUT2D eigenvalue weighted by Crippen LogP contribution is -2.35. The molecule has 2 rings (SSSR count). The van der Waals surface area contributed by atoms with E-state index in [1.54, 1.807) is 6.92 Å². The molecule has 1 amide bonds. The fourth-order valence-corrected chi connectivity index (χ4v) is 4.07. The van der Waals surface area contributed by atoms with E-state index in [1.807, 2.05) is 6.92 Å². The third kappa shape index (κ3) is 8.05. The number of nitrogens with one attached hydrogen (secondary N) is 1. The van der Waals surface area contributed by atoms with E-state index in [2.05, 4.69) is 5.32 Å². The standard InChI is InChI=1S/C23H20Cl2F7NOS/c1-3-35-11-12(2)33-21(34)15-6-4-14(8-17(15)23(30,31)32)20(26)10-16(22(27,28)29)13-5-7-18(24)19(25)9-13/h4-10,12,16H,3,11H2,1-2H3,(H,33,34)/b20-10-. The molecule has 0 aliphatic rings. The molecule has 0 aromatic heterocycles. The average molecular weight is 562 g/mol. The lowest BCUT2D eigenvalue weighted by atomic mass is 9.95. The van der Waals surface area contributed by atoms with Gasteiger partial charge >= 0.3 is 12.4 Å². The van der Waals surface area contributed by atoms with Crippen LogP contribution in [0.3, 0.4) is 0 Å². The topological polar surface area (TPSA) is 29.1 Å². The van der Waals surface area contributed by atoms with Crippen molar-refractivity contribution in [3.8, 4) is 0 Å². The zero-order valence-corrected chi connectivity index (χ0v) is 20.7. The van der Waals surface area contributed by atoms with Crippen LogP contribution in [0.25, 0.3) is 5.83 Å². The van der Waals surface area contributed by atoms with Crippen molar-refractivity contribution in [3.63, 3.8) is 0 Å². The Kier molecular flexibility index (Phi) is 9.96. The Hall–Kier alpha value is -1.91. The average Bonchev–Trinajstić information content (AvgIpc) is 2.76. The van der Waals surface area contributed by atoms with E-state index in [9.17, 15) is 35.5 Å². The molecule has 0 aliphatic carbocycles. The zero-order valence-electron chi connectivity index (χ0n) is 18.3. The summed E-state index contributed by atoms with van der Waals surface area (Å²) in [6.07, 6.45) is -9.88. The number of hydrogen-bond acceptors (Lipinski definition) is 2. The smallest absolute Gasteiger partial charge is 0.349 e. The van der Waals surface area contributed by atoms with Crippen LogP contribution in [0.1, 0.15) is 46.8 Å². The number of carbonyl (C=O) groups is 1. The van der Waals surface area contributed by atoms with Crippen LogP contribution in [0.15, 0.2) is 42.5 Å². The van der Waals surface area contributed by atoms with E-state index < -0.39 is 58.3 Å². The molecule has 0 spiro atoms. The van der Waals surface area contributed by atoms with Gasteiger partial charge in [-0.25, -0.2) is 4.39 Å². The van der Waals surface area contributed by atoms with Crippen LogP contribution in [-0.2, 0) is 6.18 Å². The lowest BCUT2D eigenvalue weighted by Gasteiger charge is -2.19. The molecule has 1 N–H and O–H groups in total. The van der Waals surface area contributed by atoms with Gasteiger partial charge in [-0.05, 0) is 48.6 Å². The molecular formula is C23H20Cl2F7NOS. The van der Waals surface area contributed by atoms with Gasteiger partial charge in [0.05, 0.1) is 21.2 Å². The summed E-state index contributed by atoms with van der Waals surface area (Å²) < 4.78 is 96.8. The minimum Gasteiger partial charge on any atom is -0.349 e. The molecule has 12 heteroatoms. The van der Waals surface area contributed by atoms with Gasteiger partial charge in [-0.3, -0.25) is 4.79 Å². The SMILES string of the molecule is CCSCC(C)NC(=O)c1ccc(/C(F)=C/C(c2ccc(Cl)c(Cl)c2)C(F)(F)F)cc1C(F)(F)F. The maximum atomic E-state index is 14.9. The summed E-state index contributed by atoms with van der Waals surface area (Å²) in [5.41, 5.74) is -3.45. The highest BCUT2D eigenvalue weighted by Gasteiger charge is 2.40. The van der Waals surface area contributed by atoms with Crippen molar-refractivity contribution in [2.24, 2.45) is 0 Å². The second kappa shape index (κ2) is 11.9. The lowest BCUT2D eigenvalue weighted by molar-refractivity contribution is -0.140. The summed E-state index contributed by atoms with van der Waals surface area (Å²) in [4.78, 5) is 12.4. The van der Waals surface area contributed by atoms with Gasteiger partial charge in [-0.15, -0.1) is 0 Å². The summed E-state index contributed by atoms with van der Waals surface area (Å²) in [5.74, 6) is -3.88. The van der Waals surface area contributed by atoms with E-state index >= 15 is 0 Å². The third-order valence-electron chi connectivity index (χ3n) is 4.76. The van der Waals surface area contributed by atoms with Crippen molar-refractivity contribution in [2.45, 2.75) is 38.2 Å². The van der Waals surface area contributed by atoms with Crippen LogP contribution in [0, 0.1) is 0 Å². The predicted molar refractivity (Wildman–Crippen MR) is 126 cm³/mol. The first-order valence-electron chi connectivity index (χ1n) is 10.1. The fourth-order valence-electron chi connectivity index (χ4n) is 3.09. The molecule has 0 heterocycles. The highest BCUT2D eigenvalue weighted by atomic mass is 35.5. The van der Waals surface area contributed by atoms with E-state index in [4.69, 9.17) is 23.2 Å². The molecule has 35 heavy (non-hydrogen) atoms. The van der Waals surface area contributed by atoms with Crippen molar-refractivity contribution >= 4 is 46.7 Å². The molecular weight excluding hydrogens is 542 g/mol. The van der Waals surface area contributed by atoms with Crippen LogP contribution < -0.4 is 5.32 Å². The second-order valence-electron chi connectivity index (χ2n) is 7.50. The van der Waals surface area contributed by atoms with Crippen LogP contribution >= 0.6 is 35.0 Å². The Bertz CT molecular complexity index is 1090. The summed E-state index contributed by atoms with van der Waals surface area (Å²) in [5, 5.41) is 2.21. The van der Waals surface area contributed by atoms with Gasteiger partial charge in [0, 0.05) is 17.4 Å². The van der Waals surface area contributed by atoms with Crippen molar-refractivity contribution in [3.05, 3.63) is 74.8 Å². The number of benzene rings is 2. The Balaban J connectivity index is 2.48. The number of hydrogen-bond donors (Lipinski definition) is 1. The highest BCUT2D eigenvalue weighted by molar-refractivity contribution is 7.99.